The Kier molecular flexibility index (Phi) is 4.73. The Morgan fingerprint density at radius 1 is 1.23 bits per heavy atom. The highest BCUT2D eigenvalue weighted by Crippen LogP contribution is 2.17. The minimum atomic E-state index is 0.499. The highest BCUT2D eigenvalue weighted by molar-refractivity contribution is 5.78. The molecule has 3 rings (SSSR count). The van der Waals surface area contributed by atoms with E-state index in [0.717, 1.165) is 12.2 Å². The number of guanidine groups is 1. The van der Waals surface area contributed by atoms with Crippen molar-refractivity contribution in [2.24, 2.45) is 10.7 Å². The summed E-state index contributed by atoms with van der Waals surface area (Å²) in [5, 5.41) is 7.82. The van der Waals surface area contributed by atoms with Gasteiger partial charge < -0.3 is 11.1 Å². The van der Waals surface area contributed by atoms with E-state index in [0.29, 0.717) is 18.5 Å². The van der Waals surface area contributed by atoms with Gasteiger partial charge in [-0.3, -0.25) is 4.68 Å². The molecule has 116 valence electrons. The molecule has 0 unspecified atom stereocenters. The molecule has 2 aromatic rings. The Hall–Kier alpha value is -2.30. The number of benzene rings is 1. The Morgan fingerprint density at radius 3 is 2.77 bits per heavy atom. The SMILES string of the molecule is NC(=NCc1ccn(Cc2ccccc2)n1)NC1CCCC1. The van der Waals surface area contributed by atoms with Crippen LogP contribution in [-0.4, -0.2) is 21.8 Å². The fourth-order valence-corrected chi connectivity index (χ4v) is 2.84. The Morgan fingerprint density at radius 2 is 2.00 bits per heavy atom. The molecule has 0 amide bonds. The second-order valence-electron chi connectivity index (χ2n) is 5.82. The molecular formula is C17H23N5. The summed E-state index contributed by atoms with van der Waals surface area (Å²) in [6, 6.07) is 12.8. The van der Waals surface area contributed by atoms with Crippen LogP contribution in [0.5, 0.6) is 0 Å². The first-order chi connectivity index (χ1) is 10.8. The van der Waals surface area contributed by atoms with E-state index in [1.54, 1.807) is 0 Å². The normalized spacial score (nSPS) is 16.1. The zero-order chi connectivity index (χ0) is 15.2. The lowest BCUT2D eigenvalue weighted by Crippen LogP contribution is -2.38. The number of nitrogens with two attached hydrogens (primary N) is 1. The number of nitrogens with zero attached hydrogens (tertiary/aromatic N) is 3. The van der Waals surface area contributed by atoms with Gasteiger partial charge in [0.05, 0.1) is 18.8 Å². The monoisotopic (exact) mass is 297 g/mol. The quantitative estimate of drug-likeness (QED) is 0.657. The van der Waals surface area contributed by atoms with E-state index in [4.69, 9.17) is 5.73 Å². The Bertz CT molecular complexity index is 611. The third kappa shape index (κ3) is 4.10. The molecule has 0 atom stereocenters. The van der Waals surface area contributed by atoms with Gasteiger partial charge >= 0.3 is 0 Å². The molecule has 0 spiro atoms. The topological polar surface area (TPSA) is 68.2 Å². The minimum absolute atomic E-state index is 0.499. The fraction of sp³-hybridized carbons (Fsp3) is 0.412. The number of aromatic nitrogens is 2. The number of hydrogen-bond donors (Lipinski definition) is 2. The molecule has 5 nitrogen and oxygen atoms in total. The first-order valence-electron chi connectivity index (χ1n) is 7.92. The predicted molar refractivity (Wildman–Crippen MR) is 88.5 cm³/mol. The van der Waals surface area contributed by atoms with Gasteiger partial charge in [-0.15, -0.1) is 0 Å². The van der Waals surface area contributed by atoms with Crippen molar-refractivity contribution in [1.82, 2.24) is 15.1 Å². The average molecular weight is 297 g/mol. The van der Waals surface area contributed by atoms with Crippen molar-refractivity contribution in [2.75, 3.05) is 0 Å². The fourth-order valence-electron chi connectivity index (χ4n) is 2.84. The molecule has 1 aliphatic carbocycles. The van der Waals surface area contributed by atoms with Crippen molar-refractivity contribution >= 4 is 5.96 Å². The van der Waals surface area contributed by atoms with Gasteiger partial charge in [-0.2, -0.15) is 5.10 Å². The van der Waals surface area contributed by atoms with Gasteiger partial charge in [-0.25, -0.2) is 4.99 Å². The molecule has 1 fully saturated rings. The Balaban J connectivity index is 1.52. The predicted octanol–water partition coefficient (Wildman–Crippen LogP) is 2.28. The zero-order valence-electron chi connectivity index (χ0n) is 12.8. The molecule has 0 bridgehead atoms. The van der Waals surface area contributed by atoms with E-state index in [-0.39, 0.29) is 0 Å². The maximum atomic E-state index is 5.94. The lowest BCUT2D eigenvalue weighted by molar-refractivity contribution is 0.624. The van der Waals surface area contributed by atoms with E-state index < -0.39 is 0 Å². The van der Waals surface area contributed by atoms with Crippen LogP contribution in [-0.2, 0) is 13.1 Å². The zero-order valence-corrected chi connectivity index (χ0v) is 12.8. The summed E-state index contributed by atoms with van der Waals surface area (Å²) in [5.41, 5.74) is 8.11. The maximum Gasteiger partial charge on any atom is 0.189 e. The Labute approximate surface area is 131 Å². The van der Waals surface area contributed by atoms with Crippen LogP contribution >= 0.6 is 0 Å². The summed E-state index contributed by atoms with van der Waals surface area (Å²) >= 11 is 0. The van der Waals surface area contributed by atoms with Crippen LogP contribution in [0.4, 0.5) is 0 Å². The maximum absolute atomic E-state index is 5.94. The number of nitrogens with one attached hydrogen (secondary N) is 1. The van der Waals surface area contributed by atoms with Crippen LogP contribution in [0, 0.1) is 0 Å². The van der Waals surface area contributed by atoms with Crippen LogP contribution in [0.1, 0.15) is 36.9 Å². The lowest BCUT2D eigenvalue weighted by Gasteiger charge is -2.11. The molecule has 1 heterocycles. The second-order valence-corrected chi connectivity index (χ2v) is 5.82. The summed E-state index contributed by atoms with van der Waals surface area (Å²) in [5.74, 6) is 0.532. The van der Waals surface area contributed by atoms with Crippen LogP contribution in [0.25, 0.3) is 0 Å². The molecule has 1 saturated carbocycles. The van der Waals surface area contributed by atoms with Crippen LogP contribution in [0.3, 0.4) is 0 Å². The van der Waals surface area contributed by atoms with Crippen molar-refractivity contribution in [3.63, 3.8) is 0 Å². The summed E-state index contributed by atoms with van der Waals surface area (Å²) in [7, 11) is 0. The largest absolute Gasteiger partial charge is 0.370 e. The van der Waals surface area contributed by atoms with Gasteiger partial charge in [-0.05, 0) is 24.5 Å². The van der Waals surface area contributed by atoms with Crippen molar-refractivity contribution in [2.45, 2.75) is 44.8 Å². The number of aliphatic imine (C=N–C) groups is 1. The van der Waals surface area contributed by atoms with Gasteiger partial charge in [0, 0.05) is 12.2 Å². The molecule has 22 heavy (non-hydrogen) atoms. The molecule has 5 heteroatoms. The molecule has 0 radical (unpaired) electrons. The first-order valence-corrected chi connectivity index (χ1v) is 7.92. The molecule has 0 aliphatic heterocycles. The summed E-state index contributed by atoms with van der Waals surface area (Å²) in [6.45, 7) is 1.30. The highest BCUT2D eigenvalue weighted by atomic mass is 15.3. The summed E-state index contributed by atoms with van der Waals surface area (Å²) in [6.07, 6.45) is 6.95. The van der Waals surface area contributed by atoms with Crippen molar-refractivity contribution in [3.05, 3.63) is 53.9 Å². The number of hydrogen-bond acceptors (Lipinski definition) is 2. The van der Waals surface area contributed by atoms with Crippen LogP contribution in [0.2, 0.25) is 0 Å². The first kappa shape index (κ1) is 14.6. The van der Waals surface area contributed by atoms with Gasteiger partial charge in [0.2, 0.25) is 0 Å². The smallest absolute Gasteiger partial charge is 0.189 e. The molecule has 0 saturated heterocycles. The molecule has 1 aromatic heterocycles. The van der Waals surface area contributed by atoms with Crippen LogP contribution in [0.15, 0.2) is 47.6 Å². The van der Waals surface area contributed by atoms with Crippen molar-refractivity contribution < 1.29 is 0 Å². The van der Waals surface area contributed by atoms with E-state index in [2.05, 4.69) is 27.5 Å². The molecular weight excluding hydrogens is 274 g/mol. The number of rotatable bonds is 5. The summed E-state index contributed by atoms with van der Waals surface area (Å²) < 4.78 is 1.93. The highest BCUT2D eigenvalue weighted by Gasteiger charge is 2.14. The van der Waals surface area contributed by atoms with E-state index in [1.807, 2.05) is 35.1 Å². The van der Waals surface area contributed by atoms with E-state index in [9.17, 15) is 0 Å². The van der Waals surface area contributed by atoms with Crippen molar-refractivity contribution in [3.8, 4) is 0 Å². The average Bonchev–Trinajstić information content (AvgIpc) is 3.18. The van der Waals surface area contributed by atoms with E-state index in [1.165, 1.54) is 31.2 Å². The molecule has 1 aromatic carbocycles. The van der Waals surface area contributed by atoms with Gasteiger partial charge in [-0.1, -0.05) is 43.2 Å². The van der Waals surface area contributed by atoms with Gasteiger partial charge in [0.25, 0.3) is 0 Å². The molecule has 3 N–H and O–H groups in total. The van der Waals surface area contributed by atoms with Crippen molar-refractivity contribution in [1.29, 1.82) is 0 Å². The standard InChI is InChI=1S/C17H23N5/c18-17(20-15-8-4-5-9-15)19-12-16-10-11-22(21-16)13-14-6-2-1-3-7-14/h1-3,6-7,10-11,15H,4-5,8-9,12-13H2,(H3,18,19,20). The van der Waals surface area contributed by atoms with E-state index >= 15 is 0 Å². The van der Waals surface area contributed by atoms with Gasteiger partial charge in [0.1, 0.15) is 0 Å². The van der Waals surface area contributed by atoms with Gasteiger partial charge in [0.15, 0.2) is 5.96 Å². The lowest BCUT2D eigenvalue weighted by atomic mass is 10.2. The third-order valence-electron chi connectivity index (χ3n) is 4.00. The molecule has 1 aliphatic rings. The summed E-state index contributed by atoms with van der Waals surface area (Å²) in [4.78, 5) is 4.39. The second kappa shape index (κ2) is 7.11. The van der Waals surface area contributed by atoms with Crippen LogP contribution < -0.4 is 11.1 Å². The third-order valence-corrected chi connectivity index (χ3v) is 4.00. The minimum Gasteiger partial charge on any atom is -0.370 e.